The Labute approximate surface area is 237 Å². The van der Waals surface area contributed by atoms with Gasteiger partial charge in [0.2, 0.25) is 0 Å². The van der Waals surface area contributed by atoms with Gasteiger partial charge in [-0.1, -0.05) is 115 Å². The zero-order valence-electron chi connectivity index (χ0n) is 21.8. The molecule has 0 atom stereocenters. The van der Waals surface area contributed by atoms with Crippen LogP contribution in [0.25, 0.3) is 52.8 Å². The Morgan fingerprint density at radius 3 is 1.82 bits per heavy atom. The molecule has 8 aromatic rings. The summed E-state index contributed by atoms with van der Waals surface area (Å²) >= 11 is 1.90. The second kappa shape index (κ2) is 9.37. The van der Waals surface area contributed by atoms with Gasteiger partial charge in [0.05, 0.1) is 0 Å². The third kappa shape index (κ3) is 3.77. The van der Waals surface area contributed by atoms with Crippen molar-refractivity contribution in [1.82, 2.24) is 0 Å². The van der Waals surface area contributed by atoms with E-state index in [1.807, 2.05) is 11.3 Å². The quantitative estimate of drug-likeness (QED) is 0.206. The van der Waals surface area contributed by atoms with Crippen LogP contribution in [0.4, 0.5) is 17.1 Å². The number of thiophene rings is 1. The molecule has 188 valence electrons. The van der Waals surface area contributed by atoms with E-state index in [-0.39, 0.29) is 0 Å². The van der Waals surface area contributed by atoms with Crippen LogP contribution in [0.15, 0.2) is 152 Å². The van der Waals surface area contributed by atoms with Gasteiger partial charge in [-0.25, -0.2) is 0 Å². The van der Waals surface area contributed by atoms with E-state index in [9.17, 15) is 0 Å². The molecule has 0 spiro atoms. The summed E-state index contributed by atoms with van der Waals surface area (Å²) in [5, 5.41) is 7.90. The van der Waals surface area contributed by atoms with Crippen LogP contribution in [0.3, 0.4) is 0 Å². The predicted octanol–water partition coefficient (Wildman–Crippen LogP) is 11.5. The first-order valence-corrected chi connectivity index (χ1v) is 14.4. The largest absolute Gasteiger partial charge is 0.310 e. The smallest absolute Gasteiger partial charge is 0.0476 e. The highest BCUT2D eigenvalue weighted by atomic mass is 32.1. The Kier molecular flexibility index (Phi) is 5.39. The van der Waals surface area contributed by atoms with Crippen molar-refractivity contribution >= 4 is 70.1 Å². The van der Waals surface area contributed by atoms with E-state index in [0.717, 1.165) is 17.1 Å². The molecule has 0 N–H and O–H groups in total. The molecule has 1 heterocycles. The number of nitrogens with zero attached hydrogens (tertiary/aromatic N) is 1. The van der Waals surface area contributed by atoms with Crippen LogP contribution >= 0.6 is 11.3 Å². The Morgan fingerprint density at radius 2 is 1.00 bits per heavy atom. The Morgan fingerprint density at radius 1 is 0.400 bits per heavy atom. The summed E-state index contributed by atoms with van der Waals surface area (Å²) in [6.45, 7) is 0. The minimum atomic E-state index is 1.14. The van der Waals surface area contributed by atoms with Gasteiger partial charge < -0.3 is 4.90 Å². The van der Waals surface area contributed by atoms with Crippen molar-refractivity contribution in [2.75, 3.05) is 4.90 Å². The van der Waals surface area contributed by atoms with Crippen LogP contribution in [0.2, 0.25) is 0 Å². The summed E-state index contributed by atoms with van der Waals surface area (Å²) in [5.41, 5.74) is 5.89. The zero-order valence-corrected chi connectivity index (χ0v) is 22.6. The van der Waals surface area contributed by atoms with Crippen molar-refractivity contribution in [3.63, 3.8) is 0 Å². The zero-order chi connectivity index (χ0) is 26.5. The molecule has 0 unspecified atom stereocenters. The highest BCUT2D eigenvalue weighted by Crippen LogP contribution is 2.44. The Bertz CT molecular complexity index is 2140. The SMILES string of the molecule is c1ccc(-c2ccc(N(c3ccccc3)c3ccc4c(c3)sc3c4ccc4ccc5ccccc5c43)cc2)cc1. The van der Waals surface area contributed by atoms with E-state index in [1.54, 1.807) is 0 Å². The maximum absolute atomic E-state index is 2.36. The molecule has 8 rings (SSSR count). The van der Waals surface area contributed by atoms with Gasteiger partial charge in [-0.2, -0.15) is 0 Å². The molecule has 0 saturated heterocycles. The second-order valence-electron chi connectivity index (χ2n) is 10.2. The number of hydrogen-bond donors (Lipinski definition) is 0. The van der Waals surface area contributed by atoms with Gasteiger partial charge in [0.1, 0.15) is 0 Å². The first-order chi connectivity index (χ1) is 19.8. The van der Waals surface area contributed by atoms with Crippen LogP contribution < -0.4 is 4.90 Å². The monoisotopic (exact) mass is 527 g/mol. The van der Waals surface area contributed by atoms with Crippen LogP contribution in [-0.2, 0) is 0 Å². The minimum absolute atomic E-state index is 1.14. The van der Waals surface area contributed by atoms with Gasteiger partial charge in [-0.05, 0) is 63.7 Å². The second-order valence-corrected chi connectivity index (χ2v) is 11.2. The lowest BCUT2D eigenvalue weighted by Crippen LogP contribution is -2.09. The number of benzene rings is 7. The number of anilines is 3. The number of para-hydroxylation sites is 1. The fourth-order valence-corrected chi connectivity index (χ4v) is 7.21. The molecular formula is C38H25NS. The van der Waals surface area contributed by atoms with Crippen molar-refractivity contribution in [3.05, 3.63) is 152 Å². The summed E-state index contributed by atoms with van der Waals surface area (Å²) in [7, 11) is 0. The molecule has 0 radical (unpaired) electrons. The van der Waals surface area contributed by atoms with Crippen LogP contribution in [0, 0.1) is 0 Å². The average molecular weight is 528 g/mol. The van der Waals surface area contributed by atoms with Crippen molar-refractivity contribution in [3.8, 4) is 11.1 Å². The highest BCUT2D eigenvalue weighted by molar-refractivity contribution is 7.26. The standard InChI is InChI=1S/C38H25NS/c1-3-9-26(10-4-1)27-17-20-31(21-18-27)39(30-12-5-2-6-13-30)32-22-24-34-35-23-19-29-16-15-28-11-7-8-14-33(28)37(29)38(35)40-36(34)25-32/h1-25H. The van der Waals surface area contributed by atoms with E-state index >= 15 is 0 Å². The van der Waals surface area contributed by atoms with Crippen molar-refractivity contribution in [2.24, 2.45) is 0 Å². The van der Waals surface area contributed by atoms with Gasteiger partial charge in [0.25, 0.3) is 0 Å². The third-order valence-electron chi connectivity index (χ3n) is 7.84. The molecular weight excluding hydrogens is 502 g/mol. The Balaban J connectivity index is 1.31. The summed E-state index contributed by atoms with van der Waals surface area (Å²) in [5.74, 6) is 0. The summed E-state index contributed by atoms with van der Waals surface area (Å²) in [6.07, 6.45) is 0. The maximum atomic E-state index is 2.36. The highest BCUT2D eigenvalue weighted by Gasteiger charge is 2.16. The van der Waals surface area contributed by atoms with Crippen molar-refractivity contribution in [2.45, 2.75) is 0 Å². The lowest BCUT2D eigenvalue weighted by atomic mass is 10.00. The summed E-state index contributed by atoms with van der Waals surface area (Å²) in [4.78, 5) is 2.35. The minimum Gasteiger partial charge on any atom is -0.310 e. The fraction of sp³-hybridized carbons (Fsp3) is 0. The molecule has 2 heteroatoms. The van der Waals surface area contributed by atoms with Crippen LogP contribution in [0.5, 0.6) is 0 Å². The van der Waals surface area contributed by atoms with E-state index in [4.69, 9.17) is 0 Å². The van der Waals surface area contributed by atoms with E-state index in [1.165, 1.54) is 52.8 Å². The van der Waals surface area contributed by atoms with Gasteiger partial charge in [0, 0.05) is 42.6 Å². The normalized spacial score (nSPS) is 11.5. The molecule has 0 fully saturated rings. The number of rotatable bonds is 4. The molecule has 1 aromatic heterocycles. The molecule has 7 aromatic carbocycles. The molecule has 1 nitrogen and oxygen atoms in total. The number of hydrogen-bond acceptors (Lipinski definition) is 2. The predicted molar refractivity (Wildman–Crippen MR) is 174 cm³/mol. The van der Waals surface area contributed by atoms with Crippen molar-refractivity contribution < 1.29 is 0 Å². The van der Waals surface area contributed by atoms with Gasteiger partial charge in [0.15, 0.2) is 0 Å². The molecule has 0 saturated carbocycles. The van der Waals surface area contributed by atoms with Gasteiger partial charge >= 0.3 is 0 Å². The van der Waals surface area contributed by atoms with E-state index in [2.05, 4.69) is 157 Å². The fourth-order valence-electron chi connectivity index (χ4n) is 5.91. The summed E-state index contributed by atoms with van der Waals surface area (Å²) in [6, 6.07) is 54.8. The first kappa shape index (κ1) is 23.0. The lowest BCUT2D eigenvalue weighted by molar-refractivity contribution is 1.29. The molecule has 0 aliphatic heterocycles. The molecule has 0 amide bonds. The number of fused-ring (bicyclic) bond motifs is 7. The molecule has 0 aliphatic carbocycles. The average Bonchev–Trinajstić information content (AvgIpc) is 3.40. The molecule has 0 bridgehead atoms. The van der Waals surface area contributed by atoms with Gasteiger partial charge in [-0.3, -0.25) is 0 Å². The summed E-state index contributed by atoms with van der Waals surface area (Å²) < 4.78 is 2.66. The topological polar surface area (TPSA) is 3.24 Å². The molecule has 40 heavy (non-hydrogen) atoms. The maximum Gasteiger partial charge on any atom is 0.0476 e. The van der Waals surface area contributed by atoms with Crippen molar-refractivity contribution in [1.29, 1.82) is 0 Å². The van der Waals surface area contributed by atoms with Crippen LogP contribution in [-0.4, -0.2) is 0 Å². The first-order valence-electron chi connectivity index (χ1n) is 13.6. The van der Waals surface area contributed by atoms with E-state index in [0.29, 0.717) is 0 Å². The van der Waals surface area contributed by atoms with E-state index < -0.39 is 0 Å². The molecule has 0 aliphatic rings. The third-order valence-corrected chi connectivity index (χ3v) is 9.02. The van der Waals surface area contributed by atoms with Crippen LogP contribution in [0.1, 0.15) is 0 Å². The Hall–Kier alpha value is -4.92. The lowest BCUT2D eigenvalue weighted by Gasteiger charge is -2.25. The van der Waals surface area contributed by atoms with Gasteiger partial charge in [-0.15, -0.1) is 11.3 Å².